The van der Waals surface area contributed by atoms with Crippen molar-refractivity contribution in [2.75, 3.05) is 17.6 Å². The highest BCUT2D eigenvalue weighted by molar-refractivity contribution is 7.89. The summed E-state index contributed by atoms with van der Waals surface area (Å²) in [5.74, 6) is 0.389. The number of nitrogens with two attached hydrogens (primary N) is 1. The molecule has 0 aliphatic rings. The van der Waals surface area contributed by atoms with Gasteiger partial charge in [0.25, 0.3) is 0 Å². The second-order valence-electron chi connectivity index (χ2n) is 3.68. The van der Waals surface area contributed by atoms with E-state index in [1.54, 1.807) is 0 Å². The normalized spacial score (nSPS) is 11.5. The molecule has 6 nitrogen and oxygen atoms in total. The van der Waals surface area contributed by atoms with Crippen molar-refractivity contribution < 1.29 is 8.42 Å². The number of primary sulfonamides is 1. The van der Waals surface area contributed by atoms with Crippen molar-refractivity contribution in [3.05, 3.63) is 16.5 Å². The van der Waals surface area contributed by atoms with Crippen molar-refractivity contribution in [1.82, 2.24) is 9.97 Å². The summed E-state index contributed by atoms with van der Waals surface area (Å²) in [4.78, 5) is 8.32. The Hall–Kier alpha value is -0.920. The third-order valence-corrected chi connectivity index (χ3v) is 3.28. The van der Waals surface area contributed by atoms with Crippen LogP contribution in [0.15, 0.2) is 0 Å². The van der Waals surface area contributed by atoms with E-state index in [1.807, 2.05) is 13.8 Å². The molecule has 96 valence electrons. The van der Waals surface area contributed by atoms with Gasteiger partial charge in [0.05, 0.1) is 17.1 Å². The van der Waals surface area contributed by atoms with Crippen molar-refractivity contribution in [1.29, 1.82) is 0 Å². The molecule has 0 saturated heterocycles. The minimum Gasteiger partial charge on any atom is -0.367 e. The highest BCUT2D eigenvalue weighted by Crippen LogP contribution is 2.18. The maximum Gasteiger partial charge on any atom is 0.209 e. The summed E-state index contributed by atoms with van der Waals surface area (Å²) >= 11 is 5.89. The number of hydrogen-bond acceptors (Lipinski definition) is 5. The van der Waals surface area contributed by atoms with Gasteiger partial charge in [0.1, 0.15) is 0 Å². The van der Waals surface area contributed by atoms with Crippen LogP contribution >= 0.6 is 11.6 Å². The molecular weight excluding hydrogens is 264 g/mol. The lowest BCUT2D eigenvalue weighted by atomic mass is 10.3. The SMILES string of the molecule is Cc1nc(Cl)c(NCCCS(N)(=O)=O)nc1C. The van der Waals surface area contributed by atoms with Crippen molar-refractivity contribution in [2.45, 2.75) is 20.3 Å². The van der Waals surface area contributed by atoms with E-state index >= 15 is 0 Å². The van der Waals surface area contributed by atoms with Gasteiger partial charge in [0.2, 0.25) is 10.0 Å². The quantitative estimate of drug-likeness (QED) is 0.778. The van der Waals surface area contributed by atoms with Gasteiger partial charge in [-0.05, 0) is 20.3 Å². The average Bonchev–Trinajstić information content (AvgIpc) is 2.18. The number of nitrogens with one attached hydrogen (secondary N) is 1. The standard InChI is InChI=1S/C9H15ClN4O2S/c1-6-7(2)14-9(8(10)13-6)12-4-3-5-17(11,15)16/h3-5H2,1-2H3,(H,12,14)(H2,11,15,16). The molecule has 1 aromatic rings. The van der Waals surface area contributed by atoms with E-state index in [9.17, 15) is 8.42 Å². The monoisotopic (exact) mass is 278 g/mol. The van der Waals surface area contributed by atoms with Gasteiger partial charge in [-0.25, -0.2) is 23.5 Å². The number of anilines is 1. The molecule has 0 fully saturated rings. The predicted octanol–water partition coefficient (Wildman–Crippen LogP) is 0.837. The van der Waals surface area contributed by atoms with E-state index < -0.39 is 10.0 Å². The Bertz CT molecular complexity index is 504. The highest BCUT2D eigenvalue weighted by Gasteiger charge is 2.07. The number of aromatic nitrogens is 2. The van der Waals surface area contributed by atoms with Gasteiger partial charge >= 0.3 is 0 Å². The molecule has 0 bridgehead atoms. The van der Waals surface area contributed by atoms with Crippen LogP contribution in [0.25, 0.3) is 0 Å². The Kier molecular flexibility index (Phi) is 4.67. The number of halogens is 1. The second-order valence-corrected chi connectivity index (χ2v) is 5.77. The summed E-state index contributed by atoms with van der Waals surface area (Å²) in [6, 6.07) is 0. The maximum atomic E-state index is 10.7. The molecule has 1 heterocycles. The molecule has 0 spiro atoms. The number of nitrogens with zero attached hydrogens (tertiary/aromatic N) is 2. The van der Waals surface area contributed by atoms with Crippen molar-refractivity contribution >= 4 is 27.4 Å². The fraction of sp³-hybridized carbons (Fsp3) is 0.556. The van der Waals surface area contributed by atoms with Crippen molar-refractivity contribution in [3.8, 4) is 0 Å². The molecule has 0 aromatic carbocycles. The lowest BCUT2D eigenvalue weighted by Gasteiger charge is -2.08. The minimum absolute atomic E-state index is 0.0735. The van der Waals surface area contributed by atoms with Crippen LogP contribution in [0.4, 0.5) is 5.82 Å². The Labute approximate surface area is 106 Å². The van der Waals surface area contributed by atoms with Gasteiger partial charge in [-0.3, -0.25) is 0 Å². The molecule has 1 aromatic heterocycles. The Balaban J connectivity index is 2.55. The maximum absolute atomic E-state index is 10.7. The van der Waals surface area contributed by atoms with E-state index in [2.05, 4.69) is 15.3 Å². The lowest BCUT2D eigenvalue weighted by molar-refractivity contribution is 0.595. The van der Waals surface area contributed by atoms with Gasteiger partial charge in [-0.1, -0.05) is 11.6 Å². The molecule has 8 heteroatoms. The van der Waals surface area contributed by atoms with Crippen LogP contribution in [0.3, 0.4) is 0 Å². The summed E-state index contributed by atoms with van der Waals surface area (Å²) in [5.41, 5.74) is 1.55. The fourth-order valence-corrected chi connectivity index (χ4v) is 1.95. The summed E-state index contributed by atoms with van der Waals surface area (Å²) in [5, 5.41) is 8.09. The molecule has 17 heavy (non-hydrogen) atoms. The molecule has 0 unspecified atom stereocenters. The number of rotatable bonds is 5. The van der Waals surface area contributed by atoms with Crippen LogP contribution in [0, 0.1) is 13.8 Å². The first-order valence-corrected chi connectivity index (χ1v) is 7.14. The Morgan fingerprint density at radius 2 is 1.88 bits per heavy atom. The molecule has 1 rings (SSSR count). The van der Waals surface area contributed by atoms with E-state index in [0.717, 1.165) is 11.4 Å². The van der Waals surface area contributed by atoms with Crippen molar-refractivity contribution in [3.63, 3.8) is 0 Å². The van der Waals surface area contributed by atoms with Gasteiger partial charge < -0.3 is 5.32 Å². The van der Waals surface area contributed by atoms with Gasteiger partial charge in [-0.15, -0.1) is 0 Å². The van der Waals surface area contributed by atoms with Crippen LogP contribution in [-0.4, -0.2) is 30.7 Å². The zero-order valence-electron chi connectivity index (χ0n) is 9.70. The largest absolute Gasteiger partial charge is 0.367 e. The molecule has 0 atom stereocenters. The molecule has 0 amide bonds. The minimum atomic E-state index is -3.41. The van der Waals surface area contributed by atoms with Crippen LogP contribution < -0.4 is 10.5 Å². The van der Waals surface area contributed by atoms with Gasteiger partial charge in [-0.2, -0.15) is 0 Å². The number of sulfonamides is 1. The topological polar surface area (TPSA) is 98.0 Å². The number of hydrogen-bond donors (Lipinski definition) is 2. The third-order valence-electron chi connectivity index (χ3n) is 2.16. The lowest BCUT2D eigenvalue weighted by Crippen LogP contribution is -2.19. The van der Waals surface area contributed by atoms with Gasteiger partial charge in [0.15, 0.2) is 11.0 Å². The van der Waals surface area contributed by atoms with Crippen molar-refractivity contribution in [2.24, 2.45) is 5.14 Å². The summed E-state index contributed by atoms with van der Waals surface area (Å²) in [7, 11) is -3.41. The Morgan fingerprint density at radius 3 is 2.47 bits per heavy atom. The van der Waals surface area contributed by atoms with Crippen LogP contribution in [0.1, 0.15) is 17.8 Å². The second kappa shape index (κ2) is 5.61. The van der Waals surface area contributed by atoms with E-state index in [1.165, 1.54) is 0 Å². The van der Waals surface area contributed by atoms with E-state index in [-0.39, 0.29) is 10.9 Å². The van der Waals surface area contributed by atoms with E-state index in [4.69, 9.17) is 16.7 Å². The molecule has 0 radical (unpaired) electrons. The first-order chi connectivity index (χ1) is 7.79. The molecule has 0 saturated carbocycles. The Morgan fingerprint density at radius 1 is 1.29 bits per heavy atom. The summed E-state index contributed by atoms with van der Waals surface area (Å²) in [6.07, 6.45) is 0.393. The van der Waals surface area contributed by atoms with Gasteiger partial charge in [0, 0.05) is 6.54 Å². The van der Waals surface area contributed by atoms with E-state index in [0.29, 0.717) is 18.8 Å². The third kappa shape index (κ3) is 4.84. The van der Waals surface area contributed by atoms with Crippen LogP contribution in [-0.2, 0) is 10.0 Å². The zero-order chi connectivity index (χ0) is 13.1. The summed E-state index contributed by atoms with van der Waals surface area (Å²) < 4.78 is 21.4. The molecule has 0 aliphatic heterocycles. The predicted molar refractivity (Wildman–Crippen MR) is 67.6 cm³/mol. The molecular formula is C9H15ClN4O2S. The first kappa shape index (κ1) is 14.1. The summed E-state index contributed by atoms with van der Waals surface area (Å²) in [6.45, 7) is 4.07. The first-order valence-electron chi connectivity index (χ1n) is 5.04. The molecule has 0 aliphatic carbocycles. The van der Waals surface area contributed by atoms with Crippen LogP contribution in [0.5, 0.6) is 0 Å². The average molecular weight is 279 g/mol. The highest BCUT2D eigenvalue weighted by atomic mass is 35.5. The fourth-order valence-electron chi connectivity index (χ4n) is 1.17. The zero-order valence-corrected chi connectivity index (χ0v) is 11.3. The smallest absolute Gasteiger partial charge is 0.209 e. The number of aryl methyl sites for hydroxylation is 2. The molecule has 3 N–H and O–H groups in total. The van der Waals surface area contributed by atoms with Crippen LogP contribution in [0.2, 0.25) is 5.15 Å².